The lowest BCUT2D eigenvalue weighted by atomic mass is 9.73. The number of morpholine rings is 1. The SMILES string of the molecule is CC1[C@@](C)(C(=O)N2CCOCC2)SC(N)=N[C@]1(C)c1cc(/C=C(\F)c2cnc(N3CCC3)cn2)ccc1F. The summed E-state index contributed by atoms with van der Waals surface area (Å²) in [5, 5.41) is 0.207. The number of carbonyl (C=O) groups is 1. The van der Waals surface area contributed by atoms with Crippen LogP contribution in [0.15, 0.2) is 35.6 Å². The van der Waals surface area contributed by atoms with Crippen molar-refractivity contribution < 1.29 is 18.3 Å². The summed E-state index contributed by atoms with van der Waals surface area (Å²) in [6, 6.07) is 4.36. The van der Waals surface area contributed by atoms with E-state index in [9.17, 15) is 4.79 Å². The molecule has 38 heavy (non-hydrogen) atoms. The fourth-order valence-corrected chi connectivity index (χ4v) is 6.48. The van der Waals surface area contributed by atoms with Crippen LogP contribution in [0.5, 0.6) is 0 Å². The Bertz CT molecular complexity index is 1280. The Morgan fingerprint density at radius 2 is 1.92 bits per heavy atom. The first-order valence-corrected chi connectivity index (χ1v) is 13.6. The van der Waals surface area contributed by atoms with Crippen LogP contribution in [0.4, 0.5) is 14.6 Å². The van der Waals surface area contributed by atoms with Crippen LogP contribution in [0.3, 0.4) is 0 Å². The largest absolute Gasteiger partial charge is 0.378 e. The summed E-state index contributed by atoms with van der Waals surface area (Å²) in [5.74, 6) is -0.872. The molecule has 1 aromatic carbocycles. The number of ether oxygens (including phenoxy) is 1. The van der Waals surface area contributed by atoms with Crippen LogP contribution in [-0.4, -0.2) is 70.1 Å². The number of hydrogen-bond acceptors (Lipinski definition) is 8. The number of anilines is 1. The van der Waals surface area contributed by atoms with Gasteiger partial charge in [-0.05, 0) is 44.0 Å². The molecule has 202 valence electrons. The van der Waals surface area contributed by atoms with Crippen molar-refractivity contribution >= 4 is 40.6 Å². The van der Waals surface area contributed by atoms with Gasteiger partial charge >= 0.3 is 0 Å². The Hall–Kier alpha value is -3.05. The summed E-state index contributed by atoms with van der Waals surface area (Å²) in [6.45, 7) is 9.27. The zero-order valence-corrected chi connectivity index (χ0v) is 22.6. The normalized spacial score (nSPS) is 28.1. The van der Waals surface area contributed by atoms with Gasteiger partial charge in [0.15, 0.2) is 11.0 Å². The maximum Gasteiger partial charge on any atom is 0.239 e. The lowest BCUT2D eigenvalue weighted by Crippen LogP contribution is -2.58. The van der Waals surface area contributed by atoms with Crippen molar-refractivity contribution in [2.24, 2.45) is 16.6 Å². The molecule has 1 amide bonds. The highest BCUT2D eigenvalue weighted by Gasteiger charge is 2.55. The highest BCUT2D eigenvalue weighted by molar-refractivity contribution is 8.15. The van der Waals surface area contributed by atoms with E-state index < -0.39 is 27.8 Å². The predicted octanol–water partition coefficient (Wildman–Crippen LogP) is 3.82. The number of aliphatic imine (C=N–C) groups is 1. The van der Waals surface area contributed by atoms with Crippen LogP contribution in [0.25, 0.3) is 11.9 Å². The van der Waals surface area contributed by atoms with Crippen molar-refractivity contribution in [3.8, 4) is 0 Å². The van der Waals surface area contributed by atoms with Crippen LogP contribution >= 0.6 is 11.8 Å². The number of amides is 1. The number of aromatic nitrogens is 2. The number of amidine groups is 1. The number of hydrogen-bond donors (Lipinski definition) is 1. The van der Waals surface area contributed by atoms with Gasteiger partial charge in [0.1, 0.15) is 22.1 Å². The van der Waals surface area contributed by atoms with E-state index in [0.29, 0.717) is 31.9 Å². The highest BCUT2D eigenvalue weighted by Crippen LogP contribution is 2.51. The average molecular weight is 543 g/mol. The quantitative estimate of drug-likeness (QED) is 0.614. The molecule has 0 bridgehead atoms. The van der Waals surface area contributed by atoms with E-state index in [4.69, 9.17) is 10.5 Å². The summed E-state index contributed by atoms with van der Waals surface area (Å²) in [5.41, 5.74) is 5.87. The fraction of sp³-hybridized carbons (Fsp3) is 0.481. The highest BCUT2D eigenvalue weighted by atomic mass is 32.2. The molecule has 4 heterocycles. The second-order valence-electron chi connectivity index (χ2n) is 10.3. The number of thioether (sulfide) groups is 1. The lowest BCUT2D eigenvalue weighted by Gasteiger charge is -2.48. The maximum absolute atomic E-state index is 15.4. The topological polar surface area (TPSA) is 96.9 Å². The molecule has 3 atom stereocenters. The van der Waals surface area contributed by atoms with Crippen LogP contribution in [0.1, 0.15) is 44.0 Å². The van der Waals surface area contributed by atoms with Crippen molar-refractivity contribution in [1.82, 2.24) is 14.9 Å². The Balaban J connectivity index is 1.45. The molecule has 2 fully saturated rings. The number of nitrogens with two attached hydrogens (primary N) is 1. The van der Waals surface area contributed by atoms with Gasteiger partial charge in [-0.15, -0.1) is 0 Å². The Kier molecular flexibility index (Phi) is 7.17. The second-order valence-corrected chi connectivity index (χ2v) is 11.7. The number of benzene rings is 1. The third kappa shape index (κ3) is 4.77. The van der Waals surface area contributed by atoms with Crippen molar-refractivity contribution in [1.29, 1.82) is 0 Å². The first kappa shape index (κ1) is 26.6. The minimum Gasteiger partial charge on any atom is -0.378 e. The summed E-state index contributed by atoms with van der Waals surface area (Å²) < 4.78 is 34.9. The summed E-state index contributed by atoms with van der Waals surface area (Å²) in [6.07, 6.45) is 5.37. The maximum atomic E-state index is 15.4. The molecule has 8 nitrogen and oxygen atoms in total. The molecule has 3 aliphatic rings. The van der Waals surface area contributed by atoms with Gasteiger partial charge in [0.25, 0.3) is 0 Å². The number of rotatable bonds is 5. The van der Waals surface area contributed by atoms with Crippen molar-refractivity contribution in [2.45, 2.75) is 37.5 Å². The number of nitrogens with zero attached hydrogens (tertiary/aromatic N) is 5. The summed E-state index contributed by atoms with van der Waals surface area (Å²) in [4.78, 5) is 30.7. The fourth-order valence-electron chi connectivity index (χ4n) is 5.19. The predicted molar refractivity (Wildman–Crippen MR) is 146 cm³/mol. The smallest absolute Gasteiger partial charge is 0.239 e. The summed E-state index contributed by atoms with van der Waals surface area (Å²) >= 11 is 1.21. The van der Waals surface area contributed by atoms with Crippen LogP contribution in [0.2, 0.25) is 0 Å². The van der Waals surface area contributed by atoms with E-state index >= 15 is 8.78 Å². The van der Waals surface area contributed by atoms with Crippen molar-refractivity contribution in [3.63, 3.8) is 0 Å². The van der Waals surface area contributed by atoms with Crippen molar-refractivity contribution in [3.05, 3.63) is 53.2 Å². The van der Waals surface area contributed by atoms with Gasteiger partial charge in [0, 0.05) is 37.7 Å². The molecule has 0 aliphatic carbocycles. The minimum absolute atomic E-state index is 0.0786. The van der Waals surface area contributed by atoms with E-state index in [-0.39, 0.29) is 22.3 Å². The molecule has 11 heteroatoms. The van der Waals surface area contributed by atoms with Crippen LogP contribution in [-0.2, 0) is 15.1 Å². The molecule has 3 aliphatic heterocycles. The number of halogens is 2. The van der Waals surface area contributed by atoms with E-state index in [2.05, 4.69) is 19.9 Å². The Morgan fingerprint density at radius 3 is 2.55 bits per heavy atom. The standard InChI is InChI=1S/C27H32F2N6O2S/c1-17-26(2,33-25(30)38-27(17,3)24(36)35-9-11-37-12-10-35)19-13-18(5-6-20(19)28)14-21(29)22-15-32-23(16-31-22)34-7-4-8-34/h5-6,13-17H,4,7-12H2,1-3H3,(H2,30,33)/b21-14-/t17?,26-,27-/m0/s1. The zero-order valence-electron chi connectivity index (χ0n) is 21.8. The van der Waals surface area contributed by atoms with Gasteiger partial charge in [-0.3, -0.25) is 9.79 Å². The van der Waals surface area contributed by atoms with Crippen LogP contribution < -0.4 is 10.6 Å². The average Bonchev–Trinajstić information content (AvgIpc) is 2.87. The third-order valence-corrected chi connectivity index (χ3v) is 9.20. The van der Waals surface area contributed by atoms with E-state index in [0.717, 1.165) is 25.3 Å². The van der Waals surface area contributed by atoms with E-state index in [1.54, 1.807) is 24.1 Å². The molecule has 5 rings (SSSR count). The van der Waals surface area contributed by atoms with Gasteiger partial charge in [0.05, 0.1) is 31.1 Å². The molecular weight excluding hydrogens is 510 g/mol. The third-order valence-electron chi connectivity index (χ3n) is 7.94. The molecule has 2 aromatic rings. The first-order chi connectivity index (χ1) is 18.1. The number of carbonyl (C=O) groups excluding carboxylic acids is 1. The second kappa shape index (κ2) is 10.3. The van der Waals surface area contributed by atoms with E-state index in [1.165, 1.54) is 36.2 Å². The Labute approximate surface area is 225 Å². The van der Waals surface area contributed by atoms with Gasteiger partial charge < -0.3 is 20.3 Å². The van der Waals surface area contributed by atoms with Gasteiger partial charge in [-0.2, -0.15) is 0 Å². The van der Waals surface area contributed by atoms with Crippen molar-refractivity contribution in [2.75, 3.05) is 44.3 Å². The molecule has 0 spiro atoms. The monoisotopic (exact) mass is 542 g/mol. The van der Waals surface area contributed by atoms with Gasteiger partial charge in [-0.25, -0.2) is 18.7 Å². The van der Waals surface area contributed by atoms with Crippen LogP contribution in [0, 0.1) is 11.7 Å². The van der Waals surface area contributed by atoms with Gasteiger partial charge in [-0.1, -0.05) is 24.8 Å². The van der Waals surface area contributed by atoms with Gasteiger partial charge in [0.2, 0.25) is 5.91 Å². The molecule has 2 saturated heterocycles. The summed E-state index contributed by atoms with van der Waals surface area (Å²) in [7, 11) is 0. The molecule has 0 radical (unpaired) electrons. The minimum atomic E-state index is -1.16. The molecule has 1 unspecified atom stereocenters. The molecule has 1 aromatic heterocycles. The zero-order chi connectivity index (χ0) is 27.1. The molecule has 2 N–H and O–H groups in total. The lowest BCUT2D eigenvalue weighted by molar-refractivity contribution is -0.139. The molecule has 0 saturated carbocycles. The first-order valence-electron chi connectivity index (χ1n) is 12.8. The van der Waals surface area contributed by atoms with E-state index in [1.807, 2.05) is 13.8 Å². The molecular formula is C27H32F2N6O2S. The Morgan fingerprint density at radius 1 is 1.18 bits per heavy atom.